The number of aromatic hydroxyl groups is 1. The number of fused-ring (bicyclic) bond motifs is 3. The molecule has 2 aliphatic carbocycles. The van der Waals surface area contributed by atoms with E-state index in [-0.39, 0.29) is 52.5 Å². The molecule has 2 saturated heterocycles. The molecule has 3 aromatic rings. The van der Waals surface area contributed by atoms with Crippen LogP contribution >= 0.6 is 22.6 Å². The molecule has 0 spiro atoms. The molecule has 1 saturated carbocycles. The summed E-state index contributed by atoms with van der Waals surface area (Å²) in [4.78, 5) is 30.5. The number of hydrogen-bond acceptors (Lipinski definition) is 6. The minimum absolute atomic E-state index is 0.0107. The third-order valence-corrected chi connectivity index (χ3v) is 18.5. The SMILES string of the molecule is CC/C(=C\c1cc(I)c(O)c(OC)c1)CC[C@H]1OC[C@H]2C1=C(CO[Si](c1ccccc1)(c1ccccc1)C(C)(C)C)C[C@H]1C(=O)N(C3CCCCC3)C(=O)[C@H]12. The Bertz CT molecular complexity index is 1890. The molecule has 3 aromatic carbocycles. The Morgan fingerprint density at radius 3 is 2.22 bits per heavy atom. The van der Waals surface area contributed by atoms with Gasteiger partial charge in [-0.1, -0.05) is 119 Å². The summed E-state index contributed by atoms with van der Waals surface area (Å²) in [5, 5.41) is 12.7. The van der Waals surface area contributed by atoms with E-state index in [4.69, 9.17) is 13.9 Å². The number of allylic oxidation sites excluding steroid dienone is 1. The van der Waals surface area contributed by atoms with E-state index in [2.05, 4.69) is 117 Å². The van der Waals surface area contributed by atoms with Crippen molar-refractivity contribution in [3.8, 4) is 11.5 Å². The first-order valence-corrected chi connectivity index (χ1v) is 23.2. The van der Waals surface area contributed by atoms with Gasteiger partial charge in [0.05, 0.1) is 41.8 Å². The van der Waals surface area contributed by atoms with E-state index >= 15 is 0 Å². The number of amides is 2. The first-order valence-electron chi connectivity index (χ1n) is 20.2. The van der Waals surface area contributed by atoms with Crippen LogP contribution in [0.2, 0.25) is 5.04 Å². The van der Waals surface area contributed by atoms with Crippen LogP contribution in [0.1, 0.15) is 91.0 Å². The van der Waals surface area contributed by atoms with Crippen LogP contribution in [0.3, 0.4) is 0 Å². The normalized spacial score (nSPS) is 23.7. The summed E-state index contributed by atoms with van der Waals surface area (Å²) in [6.45, 7) is 9.90. The average Bonchev–Trinajstić information content (AvgIpc) is 3.72. The van der Waals surface area contributed by atoms with Crippen LogP contribution < -0.4 is 15.1 Å². The Balaban J connectivity index is 1.25. The predicted octanol–water partition coefficient (Wildman–Crippen LogP) is 8.80. The molecule has 0 radical (unpaired) electrons. The van der Waals surface area contributed by atoms with E-state index in [9.17, 15) is 14.7 Å². The maximum Gasteiger partial charge on any atom is 0.261 e. The van der Waals surface area contributed by atoms with Gasteiger partial charge in [0, 0.05) is 12.0 Å². The Kier molecular flexibility index (Phi) is 12.1. The zero-order valence-corrected chi connectivity index (χ0v) is 36.1. The Morgan fingerprint density at radius 2 is 1.62 bits per heavy atom. The molecule has 9 heteroatoms. The summed E-state index contributed by atoms with van der Waals surface area (Å²) < 4.78 is 20.5. The fourth-order valence-electron chi connectivity index (χ4n) is 10.0. The van der Waals surface area contributed by atoms with Crippen LogP contribution in [0.15, 0.2) is 89.5 Å². The largest absolute Gasteiger partial charge is 0.504 e. The van der Waals surface area contributed by atoms with Gasteiger partial charge < -0.3 is 19.0 Å². The zero-order valence-electron chi connectivity index (χ0n) is 33.0. The standard InChI is InChI=1S/C46H56INO6Si/c1-6-30(24-31-25-38(47)43(49)40(26-31)52-5)22-23-39-41-32(27-36-42(37(41)29-53-39)45(51)48(44(36)50)33-16-10-7-11-17-33)28-54-55(46(2,3)4,34-18-12-8-13-19-34)35-20-14-9-15-21-35/h8-9,12-15,18-21,24-26,33,36-37,39,42,49H,6-7,10-11,16-17,22-23,27-29H2,1-5H3/b30-24+/t36-,37+,39-,42-/m1/s1. The smallest absolute Gasteiger partial charge is 0.261 e. The number of ether oxygens (including phenoxy) is 2. The van der Waals surface area contributed by atoms with Gasteiger partial charge in [-0.05, 0) is 105 Å². The molecule has 0 bridgehead atoms. The second-order valence-electron chi connectivity index (χ2n) is 16.9. The lowest BCUT2D eigenvalue weighted by atomic mass is 9.69. The number of halogens is 1. The van der Waals surface area contributed by atoms with Gasteiger partial charge in [-0.25, -0.2) is 0 Å². The van der Waals surface area contributed by atoms with E-state index < -0.39 is 8.32 Å². The van der Waals surface area contributed by atoms with Crippen LogP contribution in [0, 0.1) is 21.3 Å². The van der Waals surface area contributed by atoms with E-state index in [1.54, 1.807) is 12.0 Å². The van der Waals surface area contributed by atoms with E-state index in [1.807, 2.05) is 12.1 Å². The number of carbonyl (C=O) groups excluding carboxylic acids is 2. The minimum Gasteiger partial charge on any atom is -0.504 e. The molecule has 1 N–H and O–H groups in total. The molecule has 0 unspecified atom stereocenters. The fraction of sp³-hybridized carbons (Fsp3) is 0.478. The molecule has 55 heavy (non-hydrogen) atoms. The number of benzene rings is 3. The third-order valence-electron chi connectivity index (χ3n) is 12.7. The van der Waals surface area contributed by atoms with Crippen molar-refractivity contribution in [3.63, 3.8) is 0 Å². The summed E-state index contributed by atoms with van der Waals surface area (Å²) in [7, 11) is -1.31. The van der Waals surface area contributed by atoms with E-state index in [0.717, 1.165) is 59.7 Å². The maximum absolute atomic E-state index is 14.4. The fourth-order valence-corrected chi connectivity index (χ4v) is 15.2. The highest BCUT2D eigenvalue weighted by molar-refractivity contribution is 14.1. The van der Waals surface area contributed by atoms with Gasteiger partial charge in [0.2, 0.25) is 11.8 Å². The van der Waals surface area contributed by atoms with E-state index in [1.165, 1.54) is 27.9 Å². The molecule has 7 rings (SSSR count). The molecule has 2 amide bonds. The number of hydrogen-bond donors (Lipinski definition) is 1. The Labute approximate surface area is 341 Å². The van der Waals surface area contributed by atoms with Crippen molar-refractivity contribution in [1.82, 2.24) is 4.90 Å². The van der Waals surface area contributed by atoms with Gasteiger partial charge in [0.15, 0.2) is 11.5 Å². The van der Waals surface area contributed by atoms with Crippen molar-refractivity contribution < 1.29 is 28.6 Å². The molecular formula is C46H56INO6Si. The predicted molar refractivity (Wildman–Crippen MR) is 229 cm³/mol. The second kappa shape index (κ2) is 16.7. The number of phenolic OH excluding ortho intramolecular Hbond substituents is 1. The van der Waals surface area contributed by atoms with Crippen molar-refractivity contribution in [2.24, 2.45) is 17.8 Å². The summed E-state index contributed by atoms with van der Waals surface area (Å²) in [5.74, 6) is -0.237. The first kappa shape index (κ1) is 40.0. The monoisotopic (exact) mass is 873 g/mol. The highest BCUT2D eigenvalue weighted by Gasteiger charge is 2.59. The van der Waals surface area contributed by atoms with Gasteiger partial charge in [-0.2, -0.15) is 0 Å². The van der Waals surface area contributed by atoms with Crippen LogP contribution in [0.5, 0.6) is 11.5 Å². The van der Waals surface area contributed by atoms with Crippen LogP contribution in [-0.4, -0.2) is 62.6 Å². The highest BCUT2D eigenvalue weighted by Crippen LogP contribution is 2.51. The lowest BCUT2D eigenvalue weighted by Crippen LogP contribution is -2.66. The summed E-state index contributed by atoms with van der Waals surface area (Å²) in [6, 6.07) is 25.3. The van der Waals surface area contributed by atoms with Crippen molar-refractivity contribution in [3.05, 3.63) is 98.6 Å². The molecule has 0 aromatic heterocycles. The Morgan fingerprint density at radius 1 is 0.964 bits per heavy atom. The topological polar surface area (TPSA) is 85.3 Å². The van der Waals surface area contributed by atoms with Crippen LogP contribution in [0.25, 0.3) is 6.08 Å². The number of rotatable bonds is 12. The van der Waals surface area contributed by atoms with Crippen LogP contribution in [0.4, 0.5) is 0 Å². The molecule has 4 atom stereocenters. The van der Waals surface area contributed by atoms with E-state index in [0.29, 0.717) is 25.4 Å². The van der Waals surface area contributed by atoms with Gasteiger partial charge in [-0.15, -0.1) is 0 Å². The number of nitrogens with zero attached hydrogens (tertiary/aromatic N) is 1. The summed E-state index contributed by atoms with van der Waals surface area (Å²) in [5.41, 5.74) is 4.60. The van der Waals surface area contributed by atoms with Crippen molar-refractivity contribution in [2.45, 2.75) is 103 Å². The number of likely N-dealkylation sites (tertiary alicyclic amines) is 1. The number of phenols is 1. The van der Waals surface area contributed by atoms with Crippen molar-refractivity contribution in [2.75, 3.05) is 20.3 Å². The second-order valence-corrected chi connectivity index (χ2v) is 22.3. The Hall–Kier alpha value is -3.25. The molecule has 2 heterocycles. The molecule has 7 nitrogen and oxygen atoms in total. The van der Waals surface area contributed by atoms with Gasteiger partial charge in [0.1, 0.15) is 0 Å². The van der Waals surface area contributed by atoms with Crippen molar-refractivity contribution in [1.29, 1.82) is 0 Å². The molecule has 292 valence electrons. The number of methoxy groups -OCH3 is 1. The molecular weight excluding hydrogens is 817 g/mol. The molecule has 4 aliphatic rings. The number of carbonyl (C=O) groups is 2. The number of imide groups is 1. The van der Waals surface area contributed by atoms with Gasteiger partial charge in [-0.3, -0.25) is 14.5 Å². The lowest BCUT2D eigenvalue weighted by molar-refractivity contribution is -0.143. The van der Waals surface area contributed by atoms with Gasteiger partial charge in [0.25, 0.3) is 8.32 Å². The minimum atomic E-state index is -2.88. The maximum atomic E-state index is 14.4. The third kappa shape index (κ3) is 7.63. The van der Waals surface area contributed by atoms with Gasteiger partial charge >= 0.3 is 0 Å². The molecule has 3 fully saturated rings. The van der Waals surface area contributed by atoms with Crippen molar-refractivity contribution >= 4 is 59.2 Å². The quantitative estimate of drug-likeness (QED) is 0.0849. The summed E-state index contributed by atoms with van der Waals surface area (Å²) >= 11 is 2.14. The average molecular weight is 874 g/mol. The zero-order chi connectivity index (χ0) is 38.9. The molecule has 2 aliphatic heterocycles. The first-order chi connectivity index (χ1) is 26.5. The highest BCUT2D eigenvalue weighted by atomic mass is 127. The summed E-state index contributed by atoms with van der Waals surface area (Å²) in [6.07, 6.45) is 10.1. The lowest BCUT2D eigenvalue weighted by Gasteiger charge is -2.44. The van der Waals surface area contributed by atoms with Crippen LogP contribution in [-0.2, 0) is 18.8 Å².